The zero-order valence-corrected chi connectivity index (χ0v) is 17.9. The van der Waals surface area contributed by atoms with E-state index in [9.17, 15) is 23.3 Å². The molecular weight excluding hydrogens is 442 g/mol. The molecule has 0 aliphatic heterocycles. The predicted octanol–water partition coefficient (Wildman–Crippen LogP) is 4.39. The number of amides is 1. The summed E-state index contributed by atoms with van der Waals surface area (Å²) in [6, 6.07) is 18.1. The maximum Gasteiger partial charge on any atom is 0.274 e. The highest BCUT2D eigenvalue weighted by Gasteiger charge is 2.27. The Kier molecular flexibility index (Phi) is 6.57. The number of halogens is 1. The van der Waals surface area contributed by atoms with Crippen molar-refractivity contribution in [2.24, 2.45) is 0 Å². The molecule has 0 fully saturated rings. The molecule has 0 unspecified atom stereocenters. The molecule has 1 amide bonds. The molecule has 3 rings (SSSR count). The minimum absolute atomic E-state index is 0.0277. The number of hydrogen-bond acceptors (Lipinski definition) is 5. The van der Waals surface area contributed by atoms with E-state index in [2.05, 4.69) is 5.32 Å². The number of benzene rings is 3. The van der Waals surface area contributed by atoms with Gasteiger partial charge in [-0.1, -0.05) is 35.9 Å². The van der Waals surface area contributed by atoms with Crippen molar-refractivity contribution in [1.82, 2.24) is 0 Å². The van der Waals surface area contributed by atoms with Gasteiger partial charge in [0.05, 0.1) is 26.8 Å². The summed E-state index contributed by atoms with van der Waals surface area (Å²) in [6.07, 6.45) is 0. The van der Waals surface area contributed by atoms with E-state index >= 15 is 0 Å². The van der Waals surface area contributed by atoms with Gasteiger partial charge in [-0.25, -0.2) is 8.42 Å². The Morgan fingerprint density at radius 1 is 1.03 bits per heavy atom. The number of nitrogens with zero attached hydrogens (tertiary/aromatic N) is 2. The molecule has 0 aromatic heterocycles. The van der Waals surface area contributed by atoms with E-state index in [4.69, 9.17) is 11.6 Å². The summed E-state index contributed by atoms with van der Waals surface area (Å²) in [4.78, 5) is 23.3. The second kappa shape index (κ2) is 9.15. The molecule has 0 bridgehead atoms. The Morgan fingerprint density at radius 3 is 2.29 bits per heavy atom. The fourth-order valence-electron chi connectivity index (χ4n) is 2.92. The van der Waals surface area contributed by atoms with Crippen molar-refractivity contribution < 1.29 is 18.1 Å². The van der Waals surface area contributed by atoms with E-state index in [0.29, 0.717) is 10.7 Å². The standard InChI is InChI=1S/C21H18ClN3O5S/c1-15-19(8-5-9-20(15)25(27)28)23-21(26)14-24(17-6-3-2-4-7-17)31(29,30)18-12-10-16(22)11-13-18/h2-13H,14H2,1H3,(H,23,26). The van der Waals surface area contributed by atoms with Crippen LogP contribution in [0.5, 0.6) is 0 Å². The van der Waals surface area contributed by atoms with Crippen LogP contribution in [-0.4, -0.2) is 25.8 Å². The van der Waals surface area contributed by atoms with Gasteiger partial charge in [0.15, 0.2) is 0 Å². The Bertz CT molecular complexity index is 1220. The number of rotatable bonds is 7. The summed E-state index contributed by atoms with van der Waals surface area (Å²) in [5.41, 5.74) is 0.652. The maximum absolute atomic E-state index is 13.3. The molecule has 160 valence electrons. The van der Waals surface area contributed by atoms with E-state index in [1.54, 1.807) is 30.3 Å². The first-order valence-electron chi connectivity index (χ1n) is 9.07. The third-order valence-electron chi connectivity index (χ3n) is 4.51. The number of carbonyl (C=O) groups excluding carboxylic acids is 1. The summed E-state index contributed by atoms with van der Waals surface area (Å²) < 4.78 is 27.5. The normalized spacial score (nSPS) is 11.0. The minimum atomic E-state index is -4.08. The number of nitrogens with one attached hydrogen (secondary N) is 1. The molecule has 8 nitrogen and oxygen atoms in total. The first-order valence-corrected chi connectivity index (χ1v) is 10.9. The zero-order valence-electron chi connectivity index (χ0n) is 16.4. The van der Waals surface area contributed by atoms with Crippen LogP contribution in [0.3, 0.4) is 0 Å². The van der Waals surface area contributed by atoms with Crippen molar-refractivity contribution in [3.8, 4) is 0 Å². The predicted molar refractivity (Wildman–Crippen MR) is 119 cm³/mol. The molecule has 0 aliphatic carbocycles. The Labute approximate surface area is 184 Å². The average molecular weight is 460 g/mol. The Hall–Kier alpha value is -3.43. The summed E-state index contributed by atoms with van der Waals surface area (Å²) in [5, 5.41) is 14.1. The van der Waals surface area contributed by atoms with Crippen molar-refractivity contribution in [2.45, 2.75) is 11.8 Å². The quantitative estimate of drug-likeness (QED) is 0.416. The molecule has 3 aromatic rings. The van der Waals surface area contributed by atoms with Crippen molar-refractivity contribution in [1.29, 1.82) is 0 Å². The number of nitro benzene ring substituents is 1. The molecule has 0 aliphatic rings. The van der Waals surface area contributed by atoms with Gasteiger partial charge in [-0.3, -0.25) is 19.2 Å². The van der Waals surface area contributed by atoms with Crippen LogP contribution in [0.25, 0.3) is 0 Å². The lowest BCUT2D eigenvalue weighted by molar-refractivity contribution is -0.385. The first-order chi connectivity index (χ1) is 14.7. The Balaban J connectivity index is 1.93. The molecule has 0 atom stereocenters. The van der Waals surface area contributed by atoms with Gasteiger partial charge in [0.25, 0.3) is 15.7 Å². The van der Waals surface area contributed by atoms with Crippen molar-refractivity contribution >= 4 is 44.6 Å². The number of anilines is 2. The van der Waals surface area contributed by atoms with Crippen LogP contribution in [-0.2, 0) is 14.8 Å². The highest BCUT2D eigenvalue weighted by atomic mass is 35.5. The van der Waals surface area contributed by atoms with Crippen molar-refractivity contribution in [2.75, 3.05) is 16.2 Å². The molecule has 10 heteroatoms. The zero-order chi connectivity index (χ0) is 22.6. The third kappa shape index (κ3) is 5.01. The van der Waals surface area contributed by atoms with Crippen LogP contribution in [0.2, 0.25) is 5.02 Å². The summed E-state index contributed by atoms with van der Waals surface area (Å²) >= 11 is 5.86. The lowest BCUT2D eigenvalue weighted by atomic mass is 10.1. The molecule has 0 saturated heterocycles. The fraction of sp³-hybridized carbons (Fsp3) is 0.0952. The molecule has 0 spiro atoms. The molecule has 0 saturated carbocycles. The average Bonchev–Trinajstić information content (AvgIpc) is 2.74. The van der Waals surface area contributed by atoms with Crippen molar-refractivity contribution in [3.05, 3.63) is 93.5 Å². The van der Waals surface area contributed by atoms with Gasteiger partial charge in [-0.15, -0.1) is 0 Å². The number of hydrogen-bond donors (Lipinski definition) is 1. The monoisotopic (exact) mass is 459 g/mol. The van der Waals surface area contributed by atoms with Crippen LogP contribution in [0.15, 0.2) is 77.7 Å². The lowest BCUT2D eigenvalue weighted by Gasteiger charge is -2.24. The molecule has 3 aromatic carbocycles. The van der Waals surface area contributed by atoms with Gasteiger partial charge in [0, 0.05) is 11.1 Å². The van der Waals surface area contributed by atoms with Crippen LogP contribution < -0.4 is 9.62 Å². The smallest absolute Gasteiger partial charge is 0.274 e. The second-order valence-electron chi connectivity index (χ2n) is 6.56. The molecule has 1 N–H and O–H groups in total. The maximum atomic E-state index is 13.3. The summed E-state index contributed by atoms with van der Waals surface area (Å²) in [5.74, 6) is -0.648. The highest BCUT2D eigenvalue weighted by Crippen LogP contribution is 2.27. The summed E-state index contributed by atoms with van der Waals surface area (Å²) in [6.45, 7) is 0.976. The molecular formula is C21H18ClN3O5S. The van der Waals surface area contributed by atoms with Crippen molar-refractivity contribution in [3.63, 3.8) is 0 Å². The van der Waals surface area contributed by atoms with Crippen LogP contribution in [0.1, 0.15) is 5.56 Å². The van der Waals surface area contributed by atoms with Crippen LogP contribution >= 0.6 is 11.6 Å². The fourth-order valence-corrected chi connectivity index (χ4v) is 4.47. The van der Waals surface area contributed by atoms with Crippen LogP contribution in [0, 0.1) is 17.0 Å². The largest absolute Gasteiger partial charge is 0.324 e. The van der Waals surface area contributed by atoms with Gasteiger partial charge in [0.1, 0.15) is 6.54 Å². The van der Waals surface area contributed by atoms with E-state index < -0.39 is 27.4 Å². The number of nitro groups is 1. The third-order valence-corrected chi connectivity index (χ3v) is 6.55. The van der Waals surface area contributed by atoms with E-state index in [1.165, 1.54) is 49.4 Å². The lowest BCUT2D eigenvalue weighted by Crippen LogP contribution is -2.38. The van der Waals surface area contributed by atoms with E-state index in [-0.39, 0.29) is 21.8 Å². The summed E-state index contributed by atoms with van der Waals surface area (Å²) in [7, 11) is -4.08. The van der Waals surface area contributed by atoms with Gasteiger partial charge in [-0.2, -0.15) is 0 Å². The van der Waals surface area contributed by atoms with E-state index in [0.717, 1.165) is 4.31 Å². The topological polar surface area (TPSA) is 110 Å². The number of carbonyl (C=O) groups is 1. The van der Waals surface area contributed by atoms with Gasteiger partial charge >= 0.3 is 0 Å². The molecule has 0 radical (unpaired) electrons. The SMILES string of the molecule is Cc1c(NC(=O)CN(c2ccccc2)S(=O)(=O)c2ccc(Cl)cc2)cccc1[N+](=O)[O-]. The first kappa shape index (κ1) is 22.3. The second-order valence-corrected chi connectivity index (χ2v) is 8.85. The number of sulfonamides is 1. The minimum Gasteiger partial charge on any atom is -0.324 e. The highest BCUT2D eigenvalue weighted by molar-refractivity contribution is 7.92. The molecule has 0 heterocycles. The Morgan fingerprint density at radius 2 is 1.68 bits per heavy atom. The molecule has 31 heavy (non-hydrogen) atoms. The van der Waals surface area contributed by atoms with Gasteiger partial charge < -0.3 is 5.32 Å². The number of para-hydroxylation sites is 1. The van der Waals surface area contributed by atoms with Crippen LogP contribution in [0.4, 0.5) is 17.1 Å². The van der Waals surface area contributed by atoms with E-state index in [1.807, 2.05) is 0 Å². The van der Waals surface area contributed by atoms with Gasteiger partial charge in [-0.05, 0) is 49.4 Å². The van der Waals surface area contributed by atoms with Gasteiger partial charge in [0.2, 0.25) is 5.91 Å².